The molecular weight excluding hydrogens is 212 g/mol. The summed E-state index contributed by atoms with van der Waals surface area (Å²) in [5.41, 5.74) is 2.87. The molecule has 2 bridgehead atoms. The highest BCUT2D eigenvalue weighted by atomic mass is 16.5. The lowest BCUT2D eigenvalue weighted by Gasteiger charge is -2.21. The zero-order valence-electron chi connectivity index (χ0n) is 10.3. The molecule has 3 atom stereocenters. The van der Waals surface area contributed by atoms with Crippen molar-refractivity contribution in [2.75, 3.05) is 0 Å². The van der Waals surface area contributed by atoms with E-state index < -0.39 is 0 Å². The smallest absolute Gasteiger partial charge is 0.0951 e. The molecule has 0 N–H and O–H groups in total. The third kappa shape index (κ3) is 1.63. The first-order valence-electron chi connectivity index (χ1n) is 7.08. The van der Waals surface area contributed by atoms with Gasteiger partial charge >= 0.3 is 0 Å². The zero-order chi connectivity index (χ0) is 11.2. The Balaban J connectivity index is 1.54. The molecule has 0 aromatic carbocycles. The van der Waals surface area contributed by atoms with Crippen LogP contribution in [0.1, 0.15) is 43.5 Å². The number of ether oxygens (including phenoxy) is 1. The third-order valence-corrected chi connectivity index (χ3v) is 4.77. The van der Waals surface area contributed by atoms with Gasteiger partial charge in [0.2, 0.25) is 0 Å². The van der Waals surface area contributed by atoms with E-state index in [1.165, 1.54) is 56.3 Å². The van der Waals surface area contributed by atoms with E-state index in [2.05, 4.69) is 15.9 Å². The van der Waals surface area contributed by atoms with Crippen LogP contribution >= 0.6 is 0 Å². The summed E-state index contributed by atoms with van der Waals surface area (Å²) in [6.07, 6.45) is 12.1. The maximum atomic E-state index is 5.94. The molecule has 2 fully saturated rings. The number of aromatic nitrogens is 2. The van der Waals surface area contributed by atoms with Crippen LogP contribution in [0.4, 0.5) is 0 Å². The fourth-order valence-electron chi connectivity index (χ4n) is 3.88. The number of imidazole rings is 1. The molecule has 0 saturated carbocycles. The predicted molar refractivity (Wildman–Crippen MR) is 64.9 cm³/mol. The summed E-state index contributed by atoms with van der Waals surface area (Å²) in [5, 5.41) is 0. The first-order valence-corrected chi connectivity index (χ1v) is 7.08. The minimum absolute atomic E-state index is 0.543. The highest BCUT2D eigenvalue weighted by Gasteiger charge is 2.40. The van der Waals surface area contributed by atoms with Crippen molar-refractivity contribution in [3.05, 3.63) is 17.7 Å². The topological polar surface area (TPSA) is 27.1 Å². The molecule has 0 amide bonds. The van der Waals surface area contributed by atoms with Gasteiger partial charge in [0.1, 0.15) is 0 Å². The highest BCUT2D eigenvalue weighted by Crippen LogP contribution is 2.39. The molecular formula is C14H20N2O. The Morgan fingerprint density at radius 1 is 1.29 bits per heavy atom. The van der Waals surface area contributed by atoms with Crippen molar-refractivity contribution in [3.8, 4) is 0 Å². The Labute approximate surface area is 102 Å². The van der Waals surface area contributed by atoms with Crippen molar-refractivity contribution in [1.29, 1.82) is 0 Å². The minimum atomic E-state index is 0.543. The monoisotopic (exact) mass is 232 g/mol. The zero-order valence-corrected chi connectivity index (χ0v) is 10.3. The highest BCUT2D eigenvalue weighted by molar-refractivity contribution is 5.16. The maximum Gasteiger partial charge on any atom is 0.0951 e. The van der Waals surface area contributed by atoms with Crippen LogP contribution in [0, 0.1) is 5.92 Å². The van der Waals surface area contributed by atoms with Gasteiger partial charge in [-0.2, -0.15) is 0 Å². The Kier molecular flexibility index (Phi) is 2.29. The average Bonchev–Trinajstić information content (AvgIpc) is 3.05. The fraction of sp³-hybridized carbons (Fsp3) is 0.786. The Bertz CT molecular complexity index is 426. The molecule has 3 heterocycles. The van der Waals surface area contributed by atoms with Crippen LogP contribution in [0.2, 0.25) is 0 Å². The van der Waals surface area contributed by atoms with Gasteiger partial charge in [-0.15, -0.1) is 0 Å². The molecule has 0 spiro atoms. The molecule has 1 aromatic rings. The van der Waals surface area contributed by atoms with Gasteiger partial charge in [-0.25, -0.2) is 4.98 Å². The molecule has 92 valence electrons. The van der Waals surface area contributed by atoms with Gasteiger partial charge in [0.05, 0.1) is 24.2 Å². The van der Waals surface area contributed by atoms with E-state index >= 15 is 0 Å². The van der Waals surface area contributed by atoms with Crippen molar-refractivity contribution < 1.29 is 4.74 Å². The van der Waals surface area contributed by atoms with E-state index in [4.69, 9.17) is 4.74 Å². The molecule has 3 unspecified atom stereocenters. The lowest BCUT2D eigenvalue weighted by atomic mass is 9.89. The summed E-state index contributed by atoms with van der Waals surface area (Å²) >= 11 is 0. The van der Waals surface area contributed by atoms with Crippen molar-refractivity contribution in [1.82, 2.24) is 9.55 Å². The molecule has 2 aliphatic heterocycles. The summed E-state index contributed by atoms with van der Waals surface area (Å²) in [5.74, 6) is 0.744. The van der Waals surface area contributed by atoms with Crippen LogP contribution in [-0.2, 0) is 24.1 Å². The van der Waals surface area contributed by atoms with Crippen molar-refractivity contribution >= 4 is 0 Å². The molecule has 4 rings (SSSR count). The maximum absolute atomic E-state index is 5.94. The van der Waals surface area contributed by atoms with Gasteiger partial charge in [0, 0.05) is 18.2 Å². The number of hydrogen-bond donors (Lipinski definition) is 0. The Hall–Kier alpha value is -0.830. The molecule has 3 nitrogen and oxygen atoms in total. The number of aryl methyl sites for hydroxylation is 1. The second-order valence-corrected chi connectivity index (χ2v) is 5.87. The van der Waals surface area contributed by atoms with Gasteiger partial charge in [-0.05, 0) is 44.9 Å². The van der Waals surface area contributed by atoms with Gasteiger partial charge < -0.3 is 9.30 Å². The van der Waals surface area contributed by atoms with E-state index in [-0.39, 0.29) is 0 Å². The van der Waals surface area contributed by atoms with Crippen molar-refractivity contribution in [2.45, 2.75) is 63.7 Å². The SMILES string of the molecule is c1nc2c(n1CC1CC3CCC1O3)CCCC2. The normalized spacial score (nSPS) is 35.2. The summed E-state index contributed by atoms with van der Waals surface area (Å²) in [6.45, 7) is 1.14. The first-order chi connectivity index (χ1) is 8.40. The molecule has 3 heteroatoms. The average molecular weight is 232 g/mol. The summed E-state index contributed by atoms with van der Waals surface area (Å²) < 4.78 is 8.36. The van der Waals surface area contributed by atoms with Crippen LogP contribution < -0.4 is 0 Å². The largest absolute Gasteiger partial charge is 0.375 e. The van der Waals surface area contributed by atoms with E-state index in [1.807, 2.05) is 0 Å². The number of fused-ring (bicyclic) bond motifs is 3. The van der Waals surface area contributed by atoms with Crippen LogP contribution in [0.25, 0.3) is 0 Å². The van der Waals surface area contributed by atoms with E-state index in [9.17, 15) is 0 Å². The second-order valence-electron chi connectivity index (χ2n) is 5.87. The van der Waals surface area contributed by atoms with E-state index in [1.54, 1.807) is 0 Å². The standard InChI is InChI=1S/C14H20N2O/c1-2-4-13-12(3-1)15-9-16(13)8-10-7-11-5-6-14(10)17-11/h9-11,14H,1-8H2. The lowest BCUT2D eigenvalue weighted by Crippen LogP contribution is -2.23. The van der Waals surface area contributed by atoms with Crippen LogP contribution in [0.3, 0.4) is 0 Å². The fourth-order valence-corrected chi connectivity index (χ4v) is 3.88. The molecule has 17 heavy (non-hydrogen) atoms. The van der Waals surface area contributed by atoms with E-state index in [0.717, 1.165) is 12.5 Å². The number of hydrogen-bond acceptors (Lipinski definition) is 2. The van der Waals surface area contributed by atoms with Crippen molar-refractivity contribution in [2.24, 2.45) is 5.92 Å². The van der Waals surface area contributed by atoms with Gasteiger partial charge in [0.25, 0.3) is 0 Å². The number of nitrogens with zero attached hydrogens (tertiary/aromatic N) is 2. The number of rotatable bonds is 2. The van der Waals surface area contributed by atoms with Gasteiger partial charge in [-0.3, -0.25) is 0 Å². The molecule has 0 radical (unpaired) electrons. The third-order valence-electron chi connectivity index (χ3n) is 4.77. The molecule has 1 aliphatic carbocycles. The van der Waals surface area contributed by atoms with E-state index in [0.29, 0.717) is 12.2 Å². The molecule has 1 aromatic heterocycles. The second kappa shape index (κ2) is 3.84. The quantitative estimate of drug-likeness (QED) is 0.782. The van der Waals surface area contributed by atoms with Crippen LogP contribution in [-0.4, -0.2) is 21.8 Å². The lowest BCUT2D eigenvalue weighted by molar-refractivity contribution is 0.0897. The van der Waals surface area contributed by atoms with Crippen molar-refractivity contribution in [3.63, 3.8) is 0 Å². The minimum Gasteiger partial charge on any atom is -0.375 e. The summed E-state index contributed by atoms with van der Waals surface area (Å²) in [6, 6.07) is 0. The summed E-state index contributed by atoms with van der Waals surface area (Å²) in [4.78, 5) is 4.58. The van der Waals surface area contributed by atoms with Crippen LogP contribution in [0.15, 0.2) is 6.33 Å². The molecule has 2 saturated heterocycles. The van der Waals surface area contributed by atoms with Gasteiger partial charge in [0.15, 0.2) is 0 Å². The summed E-state index contributed by atoms with van der Waals surface area (Å²) in [7, 11) is 0. The molecule has 3 aliphatic rings. The van der Waals surface area contributed by atoms with Crippen LogP contribution in [0.5, 0.6) is 0 Å². The predicted octanol–water partition coefficient (Wildman–Crippen LogP) is 2.33. The van der Waals surface area contributed by atoms with Gasteiger partial charge in [-0.1, -0.05) is 0 Å². The first kappa shape index (κ1) is 10.1. The Morgan fingerprint density at radius 2 is 2.24 bits per heavy atom. The Morgan fingerprint density at radius 3 is 3.06 bits per heavy atom.